The van der Waals surface area contributed by atoms with Crippen molar-refractivity contribution in [2.24, 2.45) is 0 Å². The van der Waals surface area contributed by atoms with Crippen LogP contribution in [-0.2, 0) is 0 Å². The molecular formula is C58H40N2. The predicted molar refractivity (Wildman–Crippen MR) is 255 cm³/mol. The average molecular weight is 765 g/mol. The van der Waals surface area contributed by atoms with E-state index < -0.39 is 0 Å². The average Bonchev–Trinajstić information content (AvgIpc) is 3.68. The second-order valence-electron chi connectivity index (χ2n) is 15.3. The molecule has 0 aliphatic rings. The lowest BCUT2D eigenvalue weighted by atomic mass is 9.94. The Kier molecular flexibility index (Phi) is 8.87. The minimum Gasteiger partial charge on any atom is -0.310 e. The molecule has 0 spiro atoms. The Morgan fingerprint density at radius 1 is 0.283 bits per heavy atom. The summed E-state index contributed by atoms with van der Waals surface area (Å²) in [5.74, 6) is 0. The molecule has 2 nitrogen and oxygen atoms in total. The van der Waals surface area contributed by atoms with Gasteiger partial charge in [-0.2, -0.15) is 0 Å². The summed E-state index contributed by atoms with van der Waals surface area (Å²) in [5.41, 5.74) is 16.4. The zero-order chi connectivity index (χ0) is 39.8. The molecule has 60 heavy (non-hydrogen) atoms. The molecule has 11 rings (SSSR count). The molecule has 10 aromatic carbocycles. The number of rotatable bonds is 8. The third-order valence-electron chi connectivity index (χ3n) is 11.8. The summed E-state index contributed by atoms with van der Waals surface area (Å²) in [7, 11) is 0. The van der Waals surface area contributed by atoms with Gasteiger partial charge in [0.05, 0.1) is 16.7 Å². The predicted octanol–water partition coefficient (Wildman–Crippen LogP) is 16.1. The van der Waals surface area contributed by atoms with Gasteiger partial charge in [-0.15, -0.1) is 0 Å². The quantitative estimate of drug-likeness (QED) is 0.150. The molecule has 2 heteroatoms. The number of aromatic nitrogens is 1. The first kappa shape index (κ1) is 35.2. The van der Waals surface area contributed by atoms with Crippen molar-refractivity contribution in [2.45, 2.75) is 0 Å². The number of hydrogen-bond donors (Lipinski definition) is 0. The van der Waals surface area contributed by atoms with Crippen LogP contribution in [0.1, 0.15) is 0 Å². The number of hydrogen-bond acceptors (Lipinski definition) is 1. The smallest absolute Gasteiger partial charge is 0.0619 e. The van der Waals surface area contributed by atoms with E-state index in [0.717, 1.165) is 22.7 Å². The van der Waals surface area contributed by atoms with E-state index in [1.807, 2.05) is 0 Å². The highest BCUT2D eigenvalue weighted by molar-refractivity contribution is 6.18. The van der Waals surface area contributed by atoms with Gasteiger partial charge >= 0.3 is 0 Å². The topological polar surface area (TPSA) is 8.17 Å². The van der Waals surface area contributed by atoms with Crippen molar-refractivity contribution >= 4 is 49.6 Å². The van der Waals surface area contributed by atoms with Gasteiger partial charge in [-0.05, 0) is 92.9 Å². The Hall–Kier alpha value is -7.94. The summed E-state index contributed by atoms with van der Waals surface area (Å²) < 4.78 is 2.43. The van der Waals surface area contributed by atoms with E-state index in [2.05, 4.69) is 252 Å². The normalized spacial score (nSPS) is 11.3. The van der Waals surface area contributed by atoms with Gasteiger partial charge in [0.25, 0.3) is 0 Å². The van der Waals surface area contributed by atoms with Crippen LogP contribution in [0.5, 0.6) is 0 Å². The first-order chi connectivity index (χ1) is 29.8. The van der Waals surface area contributed by atoms with E-state index in [-0.39, 0.29) is 0 Å². The molecular weight excluding hydrogens is 725 g/mol. The highest BCUT2D eigenvalue weighted by Gasteiger charge is 2.19. The second kappa shape index (κ2) is 15.1. The van der Waals surface area contributed by atoms with E-state index in [1.165, 1.54) is 77.1 Å². The lowest BCUT2D eigenvalue weighted by Crippen LogP contribution is -2.11. The van der Waals surface area contributed by atoms with Crippen LogP contribution in [0.25, 0.3) is 82.8 Å². The summed E-state index contributed by atoms with van der Waals surface area (Å²) in [5, 5.41) is 5.04. The van der Waals surface area contributed by atoms with E-state index >= 15 is 0 Å². The van der Waals surface area contributed by atoms with Gasteiger partial charge in [-0.1, -0.05) is 194 Å². The monoisotopic (exact) mass is 764 g/mol. The number of para-hydroxylation sites is 2. The molecule has 0 bridgehead atoms. The molecule has 0 unspecified atom stereocenters. The minimum atomic E-state index is 1.09. The van der Waals surface area contributed by atoms with E-state index in [9.17, 15) is 0 Å². The Balaban J connectivity index is 0.976. The summed E-state index contributed by atoms with van der Waals surface area (Å²) in [4.78, 5) is 2.38. The third-order valence-corrected chi connectivity index (χ3v) is 11.8. The summed E-state index contributed by atoms with van der Waals surface area (Å²) in [6, 6.07) is 87.7. The van der Waals surface area contributed by atoms with Crippen LogP contribution in [0.4, 0.5) is 17.1 Å². The largest absolute Gasteiger partial charge is 0.310 e. The lowest BCUT2D eigenvalue weighted by molar-refractivity contribution is 1.19. The van der Waals surface area contributed by atoms with Crippen LogP contribution >= 0.6 is 0 Å². The van der Waals surface area contributed by atoms with Gasteiger partial charge in [0.2, 0.25) is 0 Å². The molecule has 1 aromatic heterocycles. The molecule has 0 fully saturated rings. The fourth-order valence-electron chi connectivity index (χ4n) is 8.96. The molecule has 11 aromatic rings. The number of nitrogens with zero attached hydrogens (tertiary/aromatic N) is 2. The maximum Gasteiger partial charge on any atom is 0.0619 e. The van der Waals surface area contributed by atoms with Crippen molar-refractivity contribution in [1.29, 1.82) is 0 Å². The van der Waals surface area contributed by atoms with Gasteiger partial charge in [-0.25, -0.2) is 0 Å². The first-order valence-electron chi connectivity index (χ1n) is 20.6. The maximum absolute atomic E-state index is 2.43. The van der Waals surface area contributed by atoms with Crippen molar-refractivity contribution in [1.82, 2.24) is 4.57 Å². The van der Waals surface area contributed by atoms with Crippen molar-refractivity contribution in [2.75, 3.05) is 4.90 Å². The zero-order valence-corrected chi connectivity index (χ0v) is 33.0. The second-order valence-corrected chi connectivity index (χ2v) is 15.3. The fourth-order valence-corrected chi connectivity index (χ4v) is 8.96. The molecule has 0 N–H and O–H groups in total. The molecule has 0 radical (unpaired) electrons. The molecule has 1 heterocycles. The minimum absolute atomic E-state index is 1.09. The fraction of sp³-hybridized carbons (Fsp3) is 0. The first-order valence-corrected chi connectivity index (χ1v) is 20.6. The van der Waals surface area contributed by atoms with Crippen LogP contribution < -0.4 is 4.90 Å². The van der Waals surface area contributed by atoms with E-state index in [0.29, 0.717) is 0 Å². The highest BCUT2D eigenvalue weighted by atomic mass is 15.1. The molecule has 0 aliphatic heterocycles. The molecule has 0 saturated carbocycles. The Labute approximate surface area is 350 Å². The Morgan fingerprint density at radius 3 is 1.42 bits per heavy atom. The molecule has 0 atom stereocenters. The number of anilines is 3. The van der Waals surface area contributed by atoms with Gasteiger partial charge in [-0.3, -0.25) is 0 Å². The maximum atomic E-state index is 2.43. The lowest BCUT2D eigenvalue weighted by Gasteiger charge is -2.28. The van der Waals surface area contributed by atoms with Crippen LogP contribution in [0.15, 0.2) is 243 Å². The summed E-state index contributed by atoms with van der Waals surface area (Å²) in [6.45, 7) is 0. The van der Waals surface area contributed by atoms with Crippen LogP contribution in [0.2, 0.25) is 0 Å². The number of fused-ring (bicyclic) bond motifs is 5. The molecule has 0 saturated heterocycles. The van der Waals surface area contributed by atoms with E-state index in [4.69, 9.17) is 0 Å². The van der Waals surface area contributed by atoms with Gasteiger partial charge < -0.3 is 9.47 Å². The van der Waals surface area contributed by atoms with Crippen LogP contribution in [0, 0.1) is 0 Å². The van der Waals surface area contributed by atoms with Gasteiger partial charge in [0.1, 0.15) is 0 Å². The highest BCUT2D eigenvalue weighted by Crippen LogP contribution is 2.43. The SMILES string of the molecule is c1ccc(-c2ccc(N(c3ccc(-c4ccccc4-c4ccc(-n5c6ccccc6c6ccc7ccccc7c65)cc4)cc3)c3ccccc3-c3ccccc3)cc2)cc1. The molecule has 282 valence electrons. The molecule has 0 aliphatic carbocycles. The molecule has 0 amide bonds. The summed E-state index contributed by atoms with van der Waals surface area (Å²) >= 11 is 0. The van der Waals surface area contributed by atoms with Crippen molar-refractivity contribution in [3.63, 3.8) is 0 Å². The van der Waals surface area contributed by atoms with E-state index in [1.54, 1.807) is 0 Å². The Morgan fingerprint density at radius 2 is 0.750 bits per heavy atom. The standard InChI is InChI=1S/C58H40N2/c1-3-15-41(16-4-1)42-27-34-47(35-28-42)59(56-25-13-11-22-52(56)43-17-5-2-6-18-43)48-36-29-45(30-37-48)50-20-9-10-21-51(50)46-31-38-49(39-32-46)60-57-26-14-12-24-54(57)55-40-33-44-19-7-8-23-53(44)58(55)60/h1-40H. The van der Waals surface area contributed by atoms with Crippen LogP contribution in [0.3, 0.4) is 0 Å². The van der Waals surface area contributed by atoms with Crippen molar-refractivity contribution in [3.8, 4) is 50.2 Å². The zero-order valence-electron chi connectivity index (χ0n) is 33.0. The van der Waals surface area contributed by atoms with Crippen LogP contribution in [-0.4, -0.2) is 4.57 Å². The van der Waals surface area contributed by atoms with Crippen molar-refractivity contribution < 1.29 is 0 Å². The Bertz CT molecular complexity index is 3270. The van der Waals surface area contributed by atoms with Gasteiger partial charge in [0.15, 0.2) is 0 Å². The van der Waals surface area contributed by atoms with Gasteiger partial charge in [0, 0.05) is 38.8 Å². The van der Waals surface area contributed by atoms with Crippen molar-refractivity contribution in [3.05, 3.63) is 243 Å². The number of benzene rings is 10. The summed E-state index contributed by atoms with van der Waals surface area (Å²) in [6.07, 6.45) is 0. The third kappa shape index (κ3) is 6.23.